The third-order valence-corrected chi connectivity index (χ3v) is 3.98. The molecule has 0 spiro atoms. The molecule has 0 saturated carbocycles. The van der Waals surface area contributed by atoms with Gasteiger partial charge in [0.2, 0.25) is 5.89 Å². The molecule has 0 radical (unpaired) electrons. The minimum atomic E-state index is -0.289. The quantitative estimate of drug-likeness (QED) is 0.882. The maximum absolute atomic E-state index is 13.1. The lowest BCUT2D eigenvalue weighted by molar-refractivity contribution is 0.571. The molecule has 1 heterocycles. The summed E-state index contributed by atoms with van der Waals surface area (Å²) in [4.78, 5) is 4.36. The van der Waals surface area contributed by atoms with Crippen LogP contribution in [0.1, 0.15) is 12.6 Å². The highest BCUT2D eigenvalue weighted by molar-refractivity contribution is 7.98. The van der Waals surface area contributed by atoms with Gasteiger partial charge in [0.05, 0.1) is 5.69 Å². The second-order valence-electron chi connectivity index (χ2n) is 4.51. The first kappa shape index (κ1) is 14.1. The molecule has 0 amide bonds. The summed E-state index contributed by atoms with van der Waals surface area (Å²) >= 11 is 1.77. The van der Waals surface area contributed by atoms with Crippen LogP contribution in [-0.4, -0.2) is 17.3 Å². The average Bonchev–Trinajstić information content (AvgIpc) is 2.87. The molecule has 0 bridgehead atoms. The van der Waals surface area contributed by atoms with E-state index in [1.165, 1.54) is 12.1 Å². The maximum atomic E-state index is 13.1. The van der Waals surface area contributed by atoms with Crippen molar-refractivity contribution in [2.24, 2.45) is 11.7 Å². The molecule has 2 rings (SSSR count). The van der Waals surface area contributed by atoms with Crippen molar-refractivity contribution in [3.05, 3.63) is 42.0 Å². The molecule has 1 aromatic carbocycles. The number of halogens is 1. The number of oxazole rings is 1. The zero-order valence-corrected chi connectivity index (χ0v) is 11.6. The third kappa shape index (κ3) is 4.08. The zero-order valence-electron chi connectivity index (χ0n) is 10.8. The molecule has 2 aromatic rings. The van der Waals surface area contributed by atoms with Crippen molar-refractivity contribution in [1.29, 1.82) is 0 Å². The van der Waals surface area contributed by atoms with E-state index in [1.54, 1.807) is 30.2 Å². The van der Waals surface area contributed by atoms with Crippen LogP contribution in [-0.2, 0) is 5.75 Å². The number of aromatic nitrogens is 1. The van der Waals surface area contributed by atoms with Crippen molar-refractivity contribution < 1.29 is 8.81 Å². The Balaban J connectivity index is 1.95. The fraction of sp³-hybridized carbons (Fsp3) is 0.357. The fourth-order valence-corrected chi connectivity index (χ4v) is 2.56. The molecule has 19 heavy (non-hydrogen) atoms. The second-order valence-corrected chi connectivity index (χ2v) is 5.54. The lowest BCUT2D eigenvalue weighted by Crippen LogP contribution is -2.12. The molecule has 1 unspecified atom stereocenters. The largest absolute Gasteiger partial charge is 0.444 e. The van der Waals surface area contributed by atoms with Gasteiger partial charge in [0, 0.05) is 11.3 Å². The molecule has 1 aromatic heterocycles. The van der Waals surface area contributed by atoms with E-state index in [2.05, 4.69) is 11.9 Å². The van der Waals surface area contributed by atoms with Crippen LogP contribution in [0.25, 0.3) is 11.5 Å². The minimum Gasteiger partial charge on any atom is -0.444 e. The van der Waals surface area contributed by atoms with Crippen molar-refractivity contribution in [3.63, 3.8) is 0 Å². The lowest BCUT2D eigenvalue weighted by atomic mass is 10.2. The summed E-state index contributed by atoms with van der Waals surface area (Å²) in [6, 6.07) is 6.24. The van der Waals surface area contributed by atoms with Crippen molar-refractivity contribution in [1.82, 2.24) is 4.98 Å². The Bertz CT molecular complexity index is 530. The number of hydrogen-bond donors (Lipinski definition) is 1. The van der Waals surface area contributed by atoms with Crippen LogP contribution in [0, 0.1) is 11.7 Å². The molecule has 0 saturated heterocycles. The van der Waals surface area contributed by atoms with E-state index in [9.17, 15) is 4.39 Å². The molecule has 0 aliphatic heterocycles. The van der Waals surface area contributed by atoms with Crippen LogP contribution in [0.3, 0.4) is 0 Å². The molecule has 0 aliphatic carbocycles. The van der Waals surface area contributed by atoms with Gasteiger partial charge in [-0.2, -0.15) is 11.8 Å². The van der Waals surface area contributed by atoms with E-state index in [4.69, 9.17) is 10.2 Å². The first-order valence-corrected chi connectivity index (χ1v) is 7.32. The Kier molecular flexibility index (Phi) is 4.99. The highest BCUT2D eigenvalue weighted by Gasteiger charge is 2.08. The minimum absolute atomic E-state index is 0.289. The van der Waals surface area contributed by atoms with Gasteiger partial charge in [-0.1, -0.05) is 13.0 Å². The molecule has 0 aliphatic rings. The summed E-state index contributed by atoms with van der Waals surface area (Å²) in [6.07, 6.45) is 1.63. The Hall–Kier alpha value is -1.33. The van der Waals surface area contributed by atoms with E-state index in [0.717, 1.165) is 17.2 Å². The van der Waals surface area contributed by atoms with Gasteiger partial charge >= 0.3 is 0 Å². The summed E-state index contributed by atoms with van der Waals surface area (Å²) in [6.45, 7) is 2.81. The Morgan fingerprint density at radius 2 is 2.32 bits per heavy atom. The Morgan fingerprint density at radius 1 is 1.47 bits per heavy atom. The fourth-order valence-electron chi connectivity index (χ4n) is 1.56. The van der Waals surface area contributed by atoms with Gasteiger partial charge in [0.1, 0.15) is 12.1 Å². The number of thioether (sulfide) groups is 1. The average molecular weight is 280 g/mol. The number of hydrogen-bond acceptors (Lipinski definition) is 4. The van der Waals surface area contributed by atoms with Gasteiger partial charge < -0.3 is 10.2 Å². The number of nitrogens with two attached hydrogens (primary N) is 1. The van der Waals surface area contributed by atoms with Gasteiger partial charge in [-0.15, -0.1) is 0 Å². The van der Waals surface area contributed by atoms with Crippen LogP contribution < -0.4 is 5.73 Å². The second kappa shape index (κ2) is 6.73. The Morgan fingerprint density at radius 3 is 3.05 bits per heavy atom. The summed E-state index contributed by atoms with van der Waals surface area (Å²) in [5, 5.41) is 0. The van der Waals surface area contributed by atoms with Gasteiger partial charge in [0.25, 0.3) is 0 Å². The molecular weight excluding hydrogens is 263 g/mol. The summed E-state index contributed by atoms with van der Waals surface area (Å²) in [5.74, 6) is 2.45. The van der Waals surface area contributed by atoms with E-state index < -0.39 is 0 Å². The molecule has 3 nitrogen and oxygen atoms in total. The van der Waals surface area contributed by atoms with E-state index >= 15 is 0 Å². The monoisotopic (exact) mass is 280 g/mol. The first-order chi connectivity index (χ1) is 9.19. The number of rotatable bonds is 6. The number of benzene rings is 1. The van der Waals surface area contributed by atoms with Crippen LogP contribution in [0.5, 0.6) is 0 Å². The van der Waals surface area contributed by atoms with Crippen molar-refractivity contribution in [2.75, 3.05) is 12.3 Å². The smallest absolute Gasteiger partial charge is 0.226 e. The molecule has 5 heteroatoms. The van der Waals surface area contributed by atoms with Crippen LogP contribution in [0.4, 0.5) is 4.39 Å². The van der Waals surface area contributed by atoms with Crippen molar-refractivity contribution >= 4 is 11.8 Å². The topological polar surface area (TPSA) is 52.0 Å². The lowest BCUT2D eigenvalue weighted by Gasteiger charge is -2.05. The van der Waals surface area contributed by atoms with Crippen molar-refractivity contribution in [2.45, 2.75) is 12.7 Å². The summed E-state index contributed by atoms with van der Waals surface area (Å²) in [7, 11) is 0. The first-order valence-electron chi connectivity index (χ1n) is 6.17. The van der Waals surface area contributed by atoms with Crippen LogP contribution >= 0.6 is 11.8 Å². The molecule has 0 fully saturated rings. The van der Waals surface area contributed by atoms with E-state index in [0.29, 0.717) is 23.9 Å². The Labute approximate surface area is 116 Å². The predicted molar refractivity (Wildman–Crippen MR) is 76.3 cm³/mol. The normalized spacial score (nSPS) is 12.6. The van der Waals surface area contributed by atoms with E-state index in [-0.39, 0.29) is 5.82 Å². The molecule has 102 valence electrons. The van der Waals surface area contributed by atoms with Gasteiger partial charge in [-0.3, -0.25) is 0 Å². The molecular formula is C14H17FN2OS. The number of nitrogens with zero attached hydrogens (tertiary/aromatic N) is 1. The van der Waals surface area contributed by atoms with Crippen molar-refractivity contribution in [3.8, 4) is 11.5 Å². The highest BCUT2D eigenvalue weighted by atomic mass is 32.2. The zero-order chi connectivity index (χ0) is 13.7. The molecule has 1 atom stereocenters. The molecule has 2 N–H and O–H groups in total. The summed E-state index contributed by atoms with van der Waals surface area (Å²) in [5.41, 5.74) is 7.09. The standard InChI is InChI=1S/C14H17FN2OS/c1-10(6-16)8-19-9-13-7-18-14(17-13)11-3-2-4-12(15)5-11/h2-5,7,10H,6,8-9,16H2,1H3. The third-order valence-electron chi connectivity index (χ3n) is 2.68. The van der Waals surface area contributed by atoms with Gasteiger partial charge in [-0.05, 0) is 36.4 Å². The van der Waals surface area contributed by atoms with E-state index in [1.807, 2.05) is 0 Å². The SMILES string of the molecule is CC(CN)CSCc1coc(-c2cccc(F)c2)n1. The predicted octanol–water partition coefficient (Wildman–Crippen LogP) is 3.31. The van der Waals surface area contributed by atoms with Crippen LogP contribution in [0.15, 0.2) is 34.9 Å². The highest BCUT2D eigenvalue weighted by Crippen LogP contribution is 2.22. The maximum Gasteiger partial charge on any atom is 0.226 e. The van der Waals surface area contributed by atoms with Crippen LogP contribution in [0.2, 0.25) is 0 Å². The van der Waals surface area contributed by atoms with Gasteiger partial charge in [-0.25, -0.2) is 9.37 Å². The summed E-state index contributed by atoms with van der Waals surface area (Å²) < 4.78 is 18.5. The van der Waals surface area contributed by atoms with Gasteiger partial charge in [0.15, 0.2) is 0 Å².